The molecule has 0 bridgehead atoms. The van der Waals surface area contributed by atoms with Gasteiger partial charge in [0.05, 0.1) is 0 Å². The first-order valence-corrected chi connectivity index (χ1v) is 11.5. The van der Waals surface area contributed by atoms with Gasteiger partial charge in [0.1, 0.15) is 18.2 Å². The van der Waals surface area contributed by atoms with E-state index in [-0.39, 0.29) is 37.1 Å². The van der Waals surface area contributed by atoms with Gasteiger partial charge in [0.25, 0.3) is 0 Å². The molecule has 182 valence electrons. The Morgan fingerprint density at radius 3 is 2.48 bits per heavy atom. The summed E-state index contributed by atoms with van der Waals surface area (Å²) in [6.45, 7) is 5.98. The van der Waals surface area contributed by atoms with Gasteiger partial charge in [-0.25, -0.2) is 9.59 Å². The molecule has 1 aromatic rings. The van der Waals surface area contributed by atoms with Gasteiger partial charge in [0.2, 0.25) is 5.91 Å². The molecule has 1 saturated heterocycles. The highest BCUT2D eigenvalue weighted by Crippen LogP contribution is 2.31. The zero-order chi connectivity index (χ0) is 24.0. The second-order valence-corrected chi connectivity index (χ2v) is 9.75. The summed E-state index contributed by atoms with van der Waals surface area (Å²) in [5, 5.41) is 15.5. The van der Waals surface area contributed by atoms with Gasteiger partial charge in [-0.3, -0.25) is 4.79 Å². The quantitative estimate of drug-likeness (QED) is 0.599. The molecule has 2 fully saturated rings. The van der Waals surface area contributed by atoms with E-state index < -0.39 is 23.8 Å². The summed E-state index contributed by atoms with van der Waals surface area (Å²) in [5.41, 5.74) is 0.290. The molecule has 1 aliphatic carbocycles. The normalized spacial score (nSPS) is 25.5. The number of alkyl carbamates (subject to hydrolysis) is 2. The van der Waals surface area contributed by atoms with Crippen molar-refractivity contribution in [3.8, 4) is 0 Å². The minimum absolute atomic E-state index is 0.0852. The van der Waals surface area contributed by atoms with Gasteiger partial charge in [0, 0.05) is 31.2 Å². The number of aliphatic hydroxyl groups is 1. The lowest BCUT2D eigenvalue weighted by molar-refractivity contribution is -0.133. The number of nitrogens with zero attached hydrogens (tertiary/aromatic N) is 1. The van der Waals surface area contributed by atoms with Gasteiger partial charge < -0.3 is 30.1 Å². The molecule has 2 aliphatic rings. The third-order valence-corrected chi connectivity index (χ3v) is 6.04. The molecular weight excluding hydrogens is 426 g/mol. The van der Waals surface area contributed by atoms with Gasteiger partial charge in [-0.05, 0) is 52.0 Å². The third-order valence-electron chi connectivity index (χ3n) is 6.04. The van der Waals surface area contributed by atoms with Crippen molar-refractivity contribution in [3.63, 3.8) is 0 Å². The Morgan fingerprint density at radius 1 is 1.09 bits per heavy atom. The second-order valence-electron chi connectivity index (χ2n) is 9.75. The molecule has 0 spiro atoms. The Bertz CT molecular complexity index is 825. The number of carbonyl (C=O) groups excluding carboxylic acids is 3. The van der Waals surface area contributed by atoms with E-state index in [9.17, 15) is 19.5 Å². The third kappa shape index (κ3) is 7.08. The van der Waals surface area contributed by atoms with E-state index in [1.165, 1.54) is 0 Å². The lowest BCUT2D eigenvalue weighted by Crippen LogP contribution is -2.52. The standard InChI is InChI=1S/C24H35N3O6/c1-24(2,3)33-23(31)25-18-9-10-20(17(13-18)14-28)27-12-11-19(21(27)29)26-22(30)32-15-16-7-5-4-6-8-16/h4-8,17-20,28H,9-15H2,1-3H3,(H,25,31)(H,26,30). The molecule has 3 amide bonds. The molecule has 33 heavy (non-hydrogen) atoms. The van der Waals surface area contributed by atoms with Crippen LogP contribution in [0.4, 0.5) is 9.59 Å². The number of ether oxygens (including phenoxy) is 2. The number of likely N-dealkylation sites (tertiary alicyclic amines) is 1. The summed E-state index contributed by atoms with van der Waals surface area (Å²) in [5.74, 6) is -0.319. The first-order chi connectivity index (χ1) is 15.7. The van der Waals surface area contributed by atoms with Crippen molar-refractivity contribution in [2.24, 2.45) is 5.92 Å². The Morgan fingerprint density at radius 2 is 1.82 bits per heavy atom. The Hall–Kier alpha value is -2.81. The molecule has 1 aromatic carbocycles. The van der Waals surface area contributed by atoms with E-state index in [4.69, 9.17) is 9.47 Å². The Balaban J connectivity index is 1.49. The minimum atomic E-state index is -0.634. The Labute approximate surface area is 194 Å². The maximum atomic E-state index is 13.0. The number of nitrogens with one attached hydrogen (secondary N) is 2. The smallest absolute Gasteiger partial charge is 0.408 e. The number of aliphatic hydroxyl groups excluding tert-OH is 1. The fourth-order valence-electron chi connectivity index (χ4n) is 4.53. The van der Waals surface area contributed by atoms with E-state index in [1.807, 2.05) is 30.3 Å². The van der Waals surface area contributed by atoms with Crippen LogP contribution in [0.3, 0.4) is 0 Å². The minimum Gasteiger partial charge on any atom is -0.445 e. The molecule has 9 nitrogen and oxygen atoms in total. The van der Waals surface area contributed by atoms with Gasteiger partial charge >= 0.3 is 12.2 Å². The maximum Gasteiger partial charge on any atom is 0.408 e. The molecule has 1 heterocycles. The molecule has 3 N–H and O–H groups in total. The van der Waals surface area contributed by atoms with E-state index >= 15 is 0 Å². The van der Waals surface area contributed by atoms with Crippen LogP contribution in [0, 0.1) is 5.92 Å². The van der Waals surface area contributed by atoms with Crippen molar-refractivity contribution in [2.45, 2.75) is 76.8 Å². The zero-order valence-corrected chi connectivity index (χ0v) is 19.6. The molecule has 0 aromatic heterocycles. The summed E-state index contributed by atoms with van der Waals surface area (Å²) >= 11 is 0. The molecule has 9 heteroatoms. The average molecular weight is 462 g/mol. The van der Waals surface area contributed by atoms with Gasteiger partial charge in [-0.2, -0.15) is 0 Å². The average Bonchev–Trinajstić information content (AvgIpc) is 3.11. The van der Waals surface area contributed by atoms with Crippen molar-refractivity contribution in [1.82, 2.24) is 15.5 Å². The van der Waals surface area contributed by atoms with Crippen LogP contribution in [0.15, 0.2) is 30.3 Å². The number of rotatable bonds is 6. The van der Waals surface area contributed by atoms with Gasteiger partial charge in [-0.15, -0.1) is 0 Å². The van der Waals surface area contributed by atoms with E-state index in [2.05, 4.69) is 10.6 Å². The summed E-state index contributed by atoms with van der Waals surface area (Å²) in [6.07, 6.45) is 1.29. The van der Waals surface area contributed by atoms with Crippen molar-refractivity contribution in [1.29, 1.82) is 0 Å². The molecule has 0 radical (unpaired) electrons. The number of amides is 3. The zero-order valence-electron chi connectivity index (χ0n) is 19.6. The summed E-state index contributed by atoms with van der Waals surface area (Å²) in [4.78, 5) is 39.0. The number of carbonyl (C=O) groups is 3. The number of hydrogen-bond donors (Lipinski definition) is 3. The highest BCUT2D eigenvalue weighted by Gasteiger charge is 2.42. The van der Waals surface area contributed by atoms with Crippen molar-refractivity contribution in [2.75, 3.05) is 13.2 Å². The predicted molar refractivity (Wildman–Crippen MR) is 121 cm³/mol. The van der Waals surface area contributed by atoms with Crippen LogP contribution in [0.25, 0.3) is 0 Å². The largest absolute Gasteiger partial charge is 0.445 e. The van der Waals surface area contributed by atoms with Crippen LogP contribution in [-0.2, 0) is 20.9 Å². The Kier molecular flexibility index (Phi) is 8.18. The fourth-order valence-corrected chi connectivity index (χ4v) is 4.53. The lowest BCUT2D eigenvalue weighted by Gasteiger charge is -2.40. The highest BCUT2D eigenvalue weighted by atomic mass is 16.6. The summed E-state index contributed by atoms with van der Waals surface area (Å²) < 4.78 is 10.6. The van der Waals surface area contributed by atoms with E-state index in [0.717, 1.165) is 5.56 Å². The first-order valence-electron chi connectivity index (χ1n) is 11.5. The number of benzene rings is 1. The predicted octanol–water partition coefficient (Wildman–Crippen LogP) is 2.57. The van der Waals surface area contributed by atoms with Crippen LogP contribution in [0.2, 0.25) is 0 Å². The summed E-state index contributed by atoms with van der Waals surface area (Å²) in [7, 11) is 0. The molecular formula is C24H35N3O6. The molecule has 1 saturated carbocycles. The maximum absolute atomic E-state index is 13.0. The van der Waals surface area contributed by atoms with Gasteiger partial charge in [-0.1, -0.05) is 30.3 Å². The molecule has 4 atom stereocenters. The molecule has 3 rings (SSSR count). The van der Waals surface area contributed by atoms with Crippen LogP contribution in [-0.4, -0.2) is 65.0 Å². The van der Waals surface area contributed by atoms with E-state index in [1.54, 1.807) is 25.7 Å². The molecule has 1 aliphatic heterocycles. The number of hydrogen-bond acceptors (Lipinski definition) is 6. The highest BCUT2D eigenvalue weighted by molar-refractivity contribution is 5.87. The van der Waals surface area contributed by atoms with Gasteiger partial charge in [0.15, 0.2) is 0 Å². The van der Waals surface area contributed by atoms with Crippen LogP contribution < -0.4 is 10.6 Å². The lowest BCUT2D eigenvalue weighted by atomic mass is 9.81. The second kappa shape index (κ2) is 10.9. The fraction of sp³-hybridized carbons (Fsp3) is 0.625. The van der Waals surface area contributed by atoms with Crippen molar-refractivity contribution >= 4 is 18.1 Å². The van der Waals surface area contributed by atoms with Crippen LogP contribution in [0.5, 0.6) is 0 Å². The van der Waals surface area contributed by atoms with Crippen molar-refractivity contribution < 1.29 is 29.0 Å². The van der Waals surface area contributed by atoms with Crippen LogP contribution >= 0.6 is 0 Å². The van der Waals surface area contributed by atoms with Crippen LogP contribution in [0.1, 0.15) is 52.0 Å². The summed E-state index contributed by atoms with van der Waals surface area (Å²) in [6, 6.07) is 8.45. The topological polar surface area (TPSA) is 117 Å². The van der Waals surface area contributed by atoms with E-state index in [0.29, 0.717) is 32.2 Å². The SMILES string of the molecule is CC(C)(C)OC(=O)NC1CCC(N2CCC(NC(=O)OCc3ccccc3)C2=O)C(CO)C1. The molecule has 4 unspecified atom stereocenters. The monoisotopic (exact) mass is 461 g/mol. The van der Waals surface area contributed by atoms with Crippen molar-refractivity contribution in [3.05, 3.63) is 35.9 Å². The first kappa shape index (κ1) is 24.8.